The van der Waals surface area contributed by atoms with Crippen molar-refractivity contribution in [3.63, 3.8) is 0 Å². The molecule has 0 radical (unpaired) electrons. The minimum Gasteiger partial charge on any atom is -0.368 e. The third-order valence-electron chi connectivity index (χ3n) is 4.70. The van der Waals surface area contributed by atoms with Gasteiger partial charge in [-0.25, -0.2) is 4.39 Å². The van der Waals surface area contributed by atoms with E-state index in [2.05, 4.69) is 9.97 Å². The van der Waals surface area contributed by atoms with Crippen molar-refractivity contribution in [1.82, 2.24) is 9.97 Å². The third kappa shape index (κ3) is 3.36. The molecule has 27 heavy (non-hydrogen) atoms. The number of aromatic nitrogens is 2. The molecule has 3 rings (SSSR count). The Hall–Kier alpha value is -2.62. The van der Waals surface area contributed by atoms with E-state index in [1.165, 1.54) is 25.4 Å². The summed E-state index contributed by atoms with van der Waals surface area (Å²) in [4.78, 5) is 20.8. The first-order valence-electron chi connectivity index (χ1n) is 8.22. The number of nitriles is 1. The Morgan fingerprint density at radius 3 is 2.67 bits per heavy atom. The summed E-state index contributed by atoms with van der Waals surface area (Å²) in [5.74, 6) is -0.790. The Balaban J connectivity index is 2.30. The molecule has 0 spiro atoms. The van der Waals surface area contributed by atoms with Crippen LogP contribution in [0.2, 0.25) is 5.02 Å². The number of methoxy groups -OCH3 is 1. The largest absolute Gasteiger partial charge is 0.368 e. The van der Waals surface area contributed by atoms with Crippen LogP contribution in [0.4, 0.5) is 4.39 Å². The molecule has 0 bridgehead atoms. The van der Waals surface area contributed by atoms with Gasteiger partial charge in [-0.2, -0.15) is 5.26 Å². The summed E-state index contributed by atoms with van der Waals surface area (Å²) in [5, 5.41) is 9.82. The van der Waals surface area contributed by atoms with E-state index in [4.69, 9.17) is 16.3 Å². The van der Waals surface area contributed by atoms with Crippen molar-refractivity contribution >= 4 is 17.4 Å². The minimum atomic E-state index is -1.17. The van der Waals surface area contributed by atoms with E-state index >= 15 is 0 Å². The molecule has 1 atom stereocenters. The van der Waals surface area contributed by atoms with Crippen LogP contribution >= 0.6 is 11.6 Å². The van der Waals surface area contributed by atoms with Crippen molar-refractivity contribution in [1.29, 1.82) is 5.26 Å². The summed E-state index contributed by atoms with van der Waals surface area (Å²) in [6, 6.07) is 4.91. The molecule has 0 aliphatic heterocycles. The number of hydrogen-bond acceptors (Lipinski definition) is 5. The first-order valence-corrected chi connectivity index (χ1v) is 8.60. The molecule has 5 nitrogen and oxygen atoms in total. The van der Waals surface area contributed by atoms with Crippen LogP contribution in [0.25, 0.3) is 11.1 Å². The van der Waals surface area contributed by atoms with E-state index in [1.54, 1.807) is 26.1 Å². The van der Waals surface area contributed by atoms with Crippen LogP contribution in [0.15, 0.2) is 42.4 Å². The highest BCUT2D eigenvalue weighted by molar-refractivity contribution is 6.30. The first-order chi connectivity index (χ1) is 12.7. The third-order valence-corrected chi connectivity index (χ3v) is 4.90. The predicted molar refractivity (Wildman–Crippen MR) is 98.2 cm³/mol. The molecule has 2 aromatic rings. The number of pyridine rings is 2. The molecule has 2 aromatic heterocycles. The molecule has 0 aromatic carbocycles. The molecule has 2 heterocycles. The van der Waals surface area contributed by atoms with E-state index < -0.39 is 16.8 Å². The smallest absolute Gasteiger partial charge is 0.178 e. The summed E-state index contributed by atoms with van der Waals surface area (Å²) in [6.45, 7) is 3.50. The molecule has 0 saturated heterocycles. The zero-order chi connectivity index (χ0) is 19.8. The van der Waals surface area contributed by atoms with Crippen LogP contribution in [-0.4, -0.2) is 22.9 Å². The van der Waals surface area contributed by atoms with Crippen molar-refractivity contribution in [2.45, 2.75) is 25.9 Å². The Morgan fingerprint density at radius 1 is 1.30 bits per heavy atom. The molecule has 1 unspecified atom stereocenters. The maximum Gasteiger partial charge on any atom is 0.178 e. The number of nitrogens with zero attached hydrogens (tertiary/aromatic N) is 3. The first kappa shape index (κ1) is 19.2. The SMILES string of the molecule is COC1(c2ncc(F)cc2-c2cncc(Cl)c2)C=C(C#N)C(=O)C(C)(C)C1. The molecule has 1 aliphatic rings. The van der Waals surface area contributed by atoms with Crippen molar-refractivity contribution in [2.75, 3.05) is 7.11 Å². The molecular weight excluding hydrogens is 369 g/mol. The van der Waals surface area contributed by atoms with Crippen LogP contribution in [-0.2, 0) is 15.1 Å². The number of ether oxygens (including phenoxy) is 1. The fraction of sp³-hybridized carbons (Fsp3) is 0.300. The van der Waals surface area contributed by atoms with Crippen LogP contribution < -0.4 is 0 Å². The molecule has 0 amide bonds. The summed E-state index contributed by atoms with van der Waals surface area (Å²) in [6.07, 6.45) is 5.83. The summed E-state index contributed by atoms with van der Waals surface area (Å²) in [5.41, 5.74) is -0.643. The van der Waals surface area contributed by atoms with Gasteiger partial charge in [0.2, 0.25) is 0 Å². The summed E-state index contributed by atoms with van der Waals surface area (Å²) >= 11 is 6.04. The number of Topliss-reactive ketones (excluding diaryl/α,β-unsaturated/α-hetero) is 1. The topological polar surface area (TPSA) is 75.9 Å². The molecule has 0 N–H and O–H groups in total. The maximum absolute atomic E-state index is 14.0. The van der Waals surface area contributed by atoms with Gasteiger partial charge < -0.3 is 4.74 Å². The van der Waals surface area contributed by atoms with E-state index in [9.17, 15) is 14.4 Å². The van der Waals surface area contributed by atoms with Gasteiger partial charge in [-0.3, -0.25) is 14.8 Å². The van der Waals surface area contributed by atoms with Crippen molar-refractivity contribution in [3.05, 3.63) is 58.9 Å². The number of ketones is 1. The van der Waals surface area contributed by atoms with Gasteiger partial charge >= 0.3 is 0 Å². The fourth-order valence-corrected chi connectivity index (χ4v) is 3.64. The lowest BCUT2D eigenvalue weighted by Crippen LogP contribution is -2.43. The maximum atomic E-state index is 14.0. The Kier molecular flexibility index (Phi) is 4.85. The quantitative estimate of drug-likeness (QED) is 0.790. The Labute approximate surface area is 161 Å². The normalized spacial score (nSPS) is 21.5. The second-order valence-corrected chi connectivity index (χ2v) is 7.53. The van der Waals surface area contributed by atoms with Gasteiger partial charge in [0.05, 0.1) is 22.5 Å². The monoisotopic (exact) mass is 385 g/mol. The highest BCUT2D eigenvalue weighted by Crippen LogP contribution is 2.47. The van der Waals surface area contributed by atoms with Crippen molar-refractivity contribution in [2.24, 2.45) is 5.41 Å². The minimum absolute atomic E-state index is 0.00519. The van der Waals surface area contributed by atoms with Gasteiger partial charge in [-0.15, -0.1) is 0 Å². The number of carbonyl (C=O) groups is 1. The average molecular weight is 386 g/mol. The summed E-state index contributed by atoms with van der Waals surface area (Å²) in [7, 11) is 1.47. The lowest BCUT2D eigenvalue weighted by molar-refractivity contribution is -0.128. The number of hydrogen-bond donors (Lipinski definition) is 0. The number of rotatable bonds is 3. The van der Waals surface area contributed by atoms with Crippen LogP contribution in [0.1, 0.15) is 26.0 Å². The van der Waals surface area contributed by atoms with E-state index in [0.717, 1.165) is 6.20 Å². The second-order valence-electron chi connectivity index (χ2n) is 7.09. The highest BCUT2D eigenvalue weighted by atomic mass is 35.5. The fourth-order valence-electron chi connectivity index (χ4n) is 3.47. The average Bonchev–Trinajstić information content (AvgIpc) is 2.64. The molecule has 0 fully saturated rings. The zero-order valence-electron chi connectivity index (χ0n) is 15.1. The molecule has 1 aliphatic carbocycles. The Morgan fingerprint density at radius 2 is 2.04 bits per heavy atom. The lowest BCUT2D eigenvalue weighted by Gasteiger charge is -2.40. The number of allylic oxidation sites excluding steroid dienone is 1. The van der Waals surface area contributed by atoms with Gasteiger partial charge in [0.25, 0.3) is 0 Å². The molecule has 138 valence electrons. The van der Waals surface area contributed by atoms with E-state index in [1.807, 2.05) is 6.07 Å². The van der Waals surface area contributed by atoms with Crippen molar-refractivity contribution in [3.8, 4) is 17.2 Å². The van der Waals surface area contributed by atoms with Gasteiger partial charge in [-0.1, -0.05) is 25.4 Å². The predicted octanol–water partition coefficient (Wildman–Crippen LogP) is 4.23. The second kappa shape index (κ2) is 6.84. The number of carbonyl (C=O) groups excluding carboxylic acids is 1. The molecule has 7 heteroatoms. The molecule has 0 saturated carbocycles. The highest BCUT2D eigenvalue weighted by Gasteiger charge is 2.48. The lowest BCUT2D eigenvalue weighted by atomic mass is 9.68. The number of halogens is 2. The van der Waals surface area contributed by atoms with Crippen LogP contribution in [0.5, 0.6) is 0 Å². The van der Waals surface area contributed by atoms with Crippen LogP contribution in [0, 0.1) is 22.6 Å². The van der Waals surface area contributed by atoms with Gasteiger partial charge in [0.1, 0.15) is 17.5 Å². The zero-order valence-corrected chi connectivity index (χ0v) is 15.8. The van der Waals surface area contributed by atoms with Gasteiger partial charge in [-0.05, 0) is 24.6 Å². The Bertz CT molecular complexity index is 997. The van der Waals surface area contributed by atoms with Crippen LogP contribution in [0.3, 0.4) is 0 Å². The summed E-state index contributed by atoms with van der Waals surface area (Å²) < 4.78 is 19.8. The molecular formula is C20H17ClFN3O2. The van der Waals surface area contributed by atoms with Crippen molar-refractivity contribution < 1.29 is 13.9 Å². The standard InChI is InChI=1S/C20H17ClFN3O2/c1-19(2)11-20(27-3,6-13(7-23)18(19)26)17-16(5-15(22)10-25-17)12-4-14(21)9-24-8-12/h4-6,8-10H,11H2,1-3H3. The van der Waals surface area contributed by atoms with E-state index in [-0.39, 0.29) is 17.8 Å². The van der Waals surface area contributed by atoms with Gasteiger partial charge in [0.15, 0.2) is 5.78 Å². The van der Waals surface area contributed by atoms with E-state index in [0.29, 0.717) is 21.8 Å². The van der Waals surface area contributed by atoms with Gasteiger partial charge in [0, 0.05) is 36.0 Å².